The fourth-order valence-electron chi connectivity index (χ4n) is 4.21. The Bertz CT molecular complexity index is 1140. The summed E-state index contributed by atoms with van der Waals surface area (Å²) in [4.78, 5) is 28.1. The van der Waals surface area contributed by atoms with Crippen LogP contribution in [0.4, 0.5) is 5.69 Å². The van der Waals surface area contributed by atoms with Gasteiger partial charge in [0.15, 0.2) is 0 Å². The monoisotopic (exact) mass is 539 g/mol. The average Bonchev–Trinajstić information content (AvgIpc) is 2.81. The van der Waals surface area contributed by atoms with Crippen molar-refractivity contribution in [1.82, 2.24) is 10.2 Å². The number of hydrogen-bond donors (Lipinski definition) is 1. The van der Waals surface area contributed by atoms with Crippen molar-refractivity contribution in [3.63, 3.8) is 0 Å². The van der Waals surface area contributed by atoms with Gasteiger partial charge in [0.2, 0.25) is 21.8 Å². The van der Waals surface area contributed by atoms with E-state index in [9.17, 15) is 18.0 Å². The average molecular weight is 541 g/mol. The molecule has 0 radical (unpaired) electrons. The van der Waals surface area contributed by atoms with Crippen LogP contribution in [-0.4, -0.2) is 50.0 Å². The van der Waals surface area contributed by atoms with Gasteiger partial charge < -0.3 is 10.2 Å². The van der Waals surface area contributed by atoms with Gasteiger partial charge in [0.25, 0.3) is 0 Å². The van der Waals surface area contributed by atoms with Crippen molar-refractivity contribution in [2.24, 2.45) is 0 Å². The Morgan fingerprint density at radius 2 is 1.71 bits per heavy atom. The Morgan fingerprint density at radius 3 is 2.31 bits per heavy atom. The summed E-state index contributed by atoms with van der Waals surface area (Å²) in [6.45, 7) is 1.32. The van der Waals surface area contributed by atoms with Crippen LogP contribution in [0.25, 0.3) is 0 Å². The van der Waals surface area contributed by atoms with E-state index in [0.717, 1.165) is 48.2 Å². The van der Waals surface area contributed by atoms with Crippen molar-refractivity contribution in [2.75, 3.05) is 17.1 Å². The maximum atomic E-state index is 13.6. The molecule has 1 atom stereocenters. The zero-order valence-corrected chi connectivity index (χ0v) is 22.2. The minimum atomic E-state index is -3.87. The fourth-order valence-corrected chi connectivity index (χ4v) is 5.63. The number of nitrogens with zero attached hydrogens (tertiary/aromatic N) is 2. The van der Waals surface area contributed by atoms with Crippen LogP contribution in [0.3, 0.4) is 0 Å². The quantitative estimate of drug-likeness (QED) is 0.503. The zero-order chi connectivity index (χ0) is 25.6. The van der Waals surface area contributed by atoms with Crippen molar-refractivity contribution < 1.29 is 18.0 Å². The fraction of sp³-hybridized carbons (Fsp3) is 0.440. The number of benzene rings is 2. The third kappa shape index (κ3) is 7.59. The maximum absolute atomic E-state index is 13.6. The normalized spacial score (nSPS) is 15.3. The topological polar surface area (TPSA) is 86.8 Å². The number of rotatable bonds is 9. The van der Waals surface area contributed by atoms with Gasteiger partial charge in [-0.15, -0.1) is 0 Å². The van der Waals surface area contributed by atoms with Crippen molar-refractivity contribution in [3.8, 4) is 0 Å². The van der Waals surface area contributed by atoms with E-state index < -0.39 is 28.5 Å². The Hall–Kier alpha value is -2.29. The number of nitrogens with one attached hydrogen (secondary N) is 1. The lowest BCUT2D eigenvalue weighted by molar-refractivity contribution is -0.139. The summed E-state index contributed by atoms with van der Waals surface area (Å²) in [6.07, 6.45) is 6.14. The molecule has 0 bridgehead atoms. The highest BCUT2D eigenvalue weighted by atomic mass is 35.5. The van der Waals surface area contributed by atoms with E-state index in [0.29, 0.717) is 5.02 Å². The minimum Gasteiger partial charge on any atom is -0.352 e. The summed E-state index contributed by atoms with van der Waals surface area (Å²) < 4.78 is 26.2. The third-order valence-electron chi connectivity index (χ3n) is 6.17. The second kappa shape index (κ2) is 12.1. The molecule has 1 aliphatic rings. The van der Waals surface area contributed by atoms with Gasteiger partial charge in [-0.05, 0) is 43.5 Å². The lowest BCUT2D eigenvalue weighted by Gasteiger charge is -2.33. The van der Waals surface area contributed by atoms with Crippen LogP contribution >= 0.6 is 23.2 Å². The van der Waals surface area contributed by atoms with Crippen molar-refractivity contribution in [3.05, 3.63) is 64.1 Å². The van der Waals surface area contributed by atoms with Gasteiger partial charge in [-0.25, -0.2) is 8.42 Å². The highest BCUT2D eigenvalue weighted by Crippen LogP contribution is 2.30. The van der Waals surface area contributed by atoms with Gasteiger partial charge in [-0.3, -0.25) is 13.9 Å². The van der Waals surface area contributed by atoms with Gasteiger partial charge in [-0.1, -0.05) is 72.8 Å². The van der Waals surface area contributed by atoms with E-state index in [2.05, 4.69) is 5.32 Å². The van der Waals surface area contributed by atoms with Gasteiger partial charge in [0, 0.05) is 17.6 Å². The first-order chi connectivity index (χ1) is 16.6. The molecule has 35 heavy (non-hydrogen) atoms. The maximum Gasteiger partial charge on any atom is 0.244 e. The van der Waals surface area contributed by atoms with Crippen molar-refractivity contribution >= 4 is 50.7 Å². The second-order valence-electron chi connectivity index (χ2n) is 8.89. The summed E-state index contributed by atoms with van der Waals surface area (Å²) in [5, 5.41) is 3.52. The standard InChI is InChI=1S/C25H31Cl2N3O4S/c1-18(25(32)28-21-11-7-4-8-12-21)29(16-19-9-5-3-6-10-19)24(31)17-30(35(2,33)34)23-14-13-20(26)15-22(23)27/h3,5-6,9-10,13-15,18,21H,4,7-8,11-12,16-17H2,1-2H3,(H,28,32)/t18-/m1/s1. The Morgan fingerprint density at radius 1 is 1.06 bits per heavy atom. The Balaban J connectivity index is 1.87. The highest BCUT2D eigenvalue weighted by Gasteiger charge is 2.31. The van der Waals surface area contributed by atoms with Crippen LogP contribution in [0.1, 0.15) is 44.6 Å². The van der Waals surface area contributed by atoms with Crippen LogP contribution in [-0.2, 0) is 26.2 Å². The molecule has 3 rings (SSSR count). The molecular weight excluding hydrogens is 509 g/mol. The SMILES string of the molecule is C[C@H](C(=O)NC1CCCCC1)N(Cc1ccccc1)C(=O)CN(c1ccc(Cl)cc1Cl)S(C)(=O)=O. The molecule has 7 nitrogen and oxygen atoms in total. The van der Waals surface area contributed by atoms with E-state index in [4.69, 9.17) is 23.2 Å². The van der Waals surface area contributed by atoms with Gasteiger partial charge in [0.05, 0.1) is 17.0 Å². The first kappa shape index (κ1) is 27.3. The van der Waals surface area contributed by atoms with E-state index in [-0.39, 0.29) is 29.2 Å². The van der Waals surface area contributed by atoms with Crippen molar-refractivity contribution in [1.29, 1.82) is 0 Å². The van der Waals surface area contributed by atoms with E-state index >= 15 is 0 Å². The van der Waals surface area contributed by atoms with E-state index in [1.807, 2.05) is 30.3 Å². The van der Waals surface area contributed by atoms with E-state index in [1.54, 1.807) is 6.92 Å². The van der Waals surface area contributed by atoms with Gasteiger partial charge >= 0.3 is 0 Å². The van der Waals surface area contributed by atoms with Crippen LogP contribution in [0.5, 0.6) is 0 Å². The number of sulfonamides is 1. The lowest BCUT2D eigenvalue weighted by Crippen LogP contribution is -2.53. The Labute approximate surface area is 217 Å². The number of carbonyl (C=O) groups excluding carboxylic acids is 2. The molecule has 10 heteroatoms. The molecule has 190 valence electrons. The summed E-state index contributed by atoms with van der Waals surface area (Å²) >= 11 is 12.2. The van der Waals surface area contributed by atoms with Crippen LogP contribution in [0, 0.1) is 0 Å². The first-order valence-electron chi connectivity index (χ1n) is 11.6. The van der Waals surface area contributed by atoms with Gasteiger partial charge in [0.1, 0.15) is 12.6 Å². The van der Waals surface area contributed by atoms with E-state index in [1.165, 1.54) is 23.1 Å². The molecule has 0 saturated heterocycles. The minimum absolute atomic E-state index is 0.0905. The number of halogens is 2. The number of anilines is 1. The molecule has 2 aromatic rings. The molecule has 1 saturated carbocycles. The molecule has 2 aromatic carbocycles. The Kier molecular flexibility index (Phi) is 9.44. The molecule has 1 fully saturated rings. The van der Waals surface area contributed by atoms with Crippen molar-refractivity contribution in [2.45, 2.75) is 57.7 Å². The number of hydrogen-bond acceptors (Lipinski definition) is 4. The summed E-state index contributed by atoms with van der Waals surface area (Å²) in [5.74, 6) is -0.770. The summed E-state index contributed by atoms with van der Waals surface area (Å²) in [6, 6.07) is 13.0. The molecular formula is C25H31Cl2N3O4S. The second-order valence-corrected chi connectivity index (χ2v) is 11.6. The molecule has 0 heterocycles. The van der Waals surface area contributed by atoms with Crippen LogP contribution in [0.2, 0.25) is 10.0 Å². The summed E-state index contributed by atoms with van der Waals surface area (Å²) in [5.41, 5.74) is 0.972. The molecule has 0 spiro atoms. The molecule has 1 N–H and O–H groups in total. The largest absolute Gasteiger partial charge is 0.352 e. The lowest BCUT2D eigenvalue weighted by atomic mass is 9.95. The zero-order valence-electron chi connectivity index (χ0n) is 19.9. The third-order valence-corrected chi connectivity index (χ3v) is 7.84. The molecule has 1 aliphatic carbocycles. The van der Waals surface area contributed by atoms with Gasteiger partial charge in [-0.2, -0.15) is 0 Å². The molecule has 0 unspecified atom stereocenters. The van der Waals surface area contributed by atoms with Crippen LogP contribution in [0.15, 0.2) is 48.5 Å². The highest BCUT2D eigenvalue weighted by molar-refractivity contribution is 7.92. The predicted octanol–water partition coefficient (Wildman–Crippen LogP) is 4.63. The number of carbonyl (C=O) groups is 2. The molecule has 2 amide bonds. The summed E-state index contributed by atoms with van der Waals surface area (Å²) in [7, 11) is -3.87. The molecule has 0 aliphatic heterocycles. The smallest absolute Gasteiger partial charge is 0.244 e. The molecule has 0 aromatic heterocycles. The predicted molar refractivity (Wildman–Crippen MR) is 140 cm³/mol. The first-order valence-corrected chi connectivity index (χ1v) is 14.2. The van der Waals surface area contributed by atoms with Crippen LogP contribution < -0.4 is 9.62 Å². The number of amides is 2.